The minimum Gasteiger partial charge on any atom is -0.497 e. The molecule has 4 nitrogen and oxygen atoms in total. The van der Waals surface area contributed by atoms with Gasteiger partial charge in [0.25, 0.3) is 0 Å². The van der Waals surface area contributed by atoms with Gasteiger partial charge in [0.2, 0.25) is 5.91 Å². The van der Waals surface area contributed by atoms with Crippen LogP contribution in [0.5, 0.6) is 5.75 Å². The average Bonchev–Trinajstić information content (AvgIpc) is 2.94. The second-order valence-corrected chi connectivity index (χ2v) is 11.7. The van der Waals surface area contributed by atoms with Gasteiger partial charge < -0.3 is 14.1 Å². The number of rotatable bonds is 5. The summed E-state index contributed by atoms with van der Waals surface area (Å²) in [5, 5.41) is 0. The third-order valence-electron chi connectivity index (χ3n) is 4.55. The molecule has 0 aromatic heterocycles. The molecule has 1 aromatic rings. The van der Waals surface area contributed by atoms with Crippen LogP contribution in [0, 0.1) is 5.92 Å². The second kappa shape index (κ2) is 5.70. The van der Waals surface area contributed by atoms with E-state index in [4.69, 9.17) is 9.16 Å². The lowest BCUT2D eigenvalue weighted by atomic mass is 10.1. The molecule has 5 heteroatoms. The maximum absolute atomic E-state index is 12.6. The van der Waals surface area contributed by atoms with Crippen LogP contribution in [0.3, 0.4) is 0 Å². The zero-order chi connectivity index (χ0) is 15.9. The molecule has 1 amide bonds. The Balaban J connectivity index is 1.73. The van der Waals surface area contributed by atoms with Crippen LogP contribution >= 0.6 is 0 Å². The Morgan fingerprint density at radius 3 is 2.45 bits per heavy atom. The van der Waals surface area contributed by atoms with Crippen molar-refractivity contribution in [2.45, 2.75) is 51.2 Å². The van der Waals surface area contributed by atoms with E-state index in [1.54, 1.807) is 7.11 Å². The molecule has 1 aromatic carbocycles. The molecule has 0 spiro atoms. The SMILES string of the molecule is COc1ccc(CN2C(=O)[C@H]3CC[C@@H]2[C@@H]3O[Si](C)(C)C)cc1. The third kappa shape index (κ3) is 2.92. The fourth-order valence-corrected chi connectivity index (χ4v) is 4.75. The van der Waals surface area contributed by atoms with Crippen LogP contribution in [0.25, 0.3) is 0 Å². The first-order valence-electron chi connectivity index (χ1n) is 8.00. The summed E-state index contributed by atoms with van der Waals surface area (Å²) < 4.78 is 11.5. The lowest BCUT2D eigenvalue weighted by molar-refractivity contribution is -0.134. The zero-order valence-electron chi connectivity index (χ0n) is 13.8. The number of carbonyl (C=O) groups excluding carboxylic acids is 1. The highest BCUT2D eigenvalue weighted by Gasteiger charge is 2.54. The lowest BCUT2D eigenvalue weighted by Crippen LogP contribution is -2.40. The Hall–Kier alpha value is -1.33. The minimum absolute atomic E-state index is 0.0787. The Morgan fingerprint density at radius 2 is 1.86 bits per heavy atom. The molecule has 0 N–H and O–H groups in total. The number of nitrogens with zero attached hydrogens (tertiary/aromatic N) is 1. The molecule has 1 aliphatic heterocycles. The van der Waals surface area contributed by atoms with Crippen LogP contribution in [0.2, 0.25) is 19.6 Å². The first-order valence-corrected chi connectivity index (χ1v) is 11.4. The number of ether oxygens (including phenoxy) is 1. The van der Waals surface area contributed by atoms with Crippen molar-refractivity contribution in [1.82, 2.24) is 4.90 Å². The molecule has 1 saturated carbocycles. The predicted molar refractivity (Wildman–Crippen MR) is 88.3 cm³/mol. The molecule has 2 bridgehead atoms. The van der Waals surface area contributed by atoms with Gasteiger partial charge in [-0.1, -0.05) is 12.1 Å². The summed E-state index contributed by atoms with van der Waals surface area (Å²) in [5.41, 5.74) is 1.15. The number of fused-ring (bicyclic) bond motifs is 2. The monoisotopic (exact) mass is 319 g/mol. The van der Waals surface area contributed by atoms with Crippen molar-refractivity contribution >= 4 is 14.2 Å². The van der Waals surface area contributed by atoms with E-state index < -0.39 is 8.32 Å². The van der Waals surface area contributed by atoms with Crippen molar-refractivity contribution in [3.8, 4) is 5.75 Å². The molecule has 1 saturated heterocycles. The van der Waals surface area contributed by atoms with Crippen molar-refractivity contribution in [3.05, 3.63) is 29.8 Å². The second-order valence-electron chi connectivity index (χ2n) is 7.26. The number of hydrogen-bond acceptors (Lipinski definition) is 3. The Labute approximate surface area is 133 Å². The molecule has 120 valence electrons. The van der Waals surface area contributed by atoms with Gasteiger partial charge in [-0.15, -0.1) is 0 Å². The summed E-state index contributed by atoms with van der Waals surface area (Å²) in [6.07, 6.45) is 2.16. The molecule has 0 unspecified atom stereocenters. The van der Waals surface area contributed by atoms with Gasteiger partial charge in [-0.25, -0.2) is 0 Å². The predicted octanol–water partition coefficient (Wildman–Crippen LogP) is 3.04. The number of amides is 1. The van der Waals surface area contributed by atoms with E-state index in [1.165, 1.54) is 0 Å². The van der Waals surface area contributed by atoms with E-state index in [0.29, 0.717) is 6.54 Å². The highest BCUT2D eigenvalue weighted by atomic mass is 28.4. The van der Waals surface area contributed by atoms with E-state index in [2.05, 4.69) is 19.6 Å². The molecule has 0 radical (unpaired) electrons. The zero-order valence-corrected chi connectivity index (χ0v) is 14.8. The molecule has 1 heterocycles. The van der Waals surface area contributed by atoms with Gasteiger partial charge >= 0.3 is 0 Å². The standard InChI is InChI=1S/C17H25NO3Si/c1-20-13-7-5-12(6-8-13)11-18-15-10-9-14(17(18)19)16(15)21-22(2,3)4/h5-8,14-16H,9-11H2,1-4H3/t14-,15+,16+/m0/s1. The van der Waals surface area contributed by atoms with Crippen LogP contribution in [-0.4, -0.2) is 38.4 Å². The van der Waals surface area contributed by atoms with Crippen molar-refractivity contribution in [2.75, 3.05) is 7.11 Å². The van der Waals surface area contributed by atoms with Crippen LogP contribution in [0.1, 0.15) is 18.4 Å². The van der Waals surface area contributed by atoms with Gasteiger partial charge in [0.05, 0.1) is 25.2 Å². The fourth-order valence-electron chi connectivity index (χ4n) is 3.61. The van der Waals surface area contributed by atoms with Gasteiger partial charge in [-0.3, -0.25) is 4.79 Å². The maximum Gasteiger partial charge on any atom is 0.228 e. The smallest absolute Gasteiger partial charge is 0.228 e. The van der Waals surface area contributed by atoms with E-state index in [-0.39, 0.29) is 24.0 Å². The molecule has 3 rings (SSSR count). The Kier molecular flexibility index (Phi) is 4.03. The molecule has 2 fully saturated rings. The van der Waals surface area contributed by atoms with Crippen LogP contribution in [0.4, 0.5) is 0 Å². The lowest BCUT2D eigenvalue weighted by Gasteiger charge is -2.29. The fraction of sp³-hybridized carbons (Fsp3) is 0.588. The van der Waals surface area contributed by atoms with Gasteiger partial charge in [0.1, 0.15) is 5.75 Å². The summed E-state index contributed by atoms with van der Waals surface area (Å²) in [4.78, 5) is 14.7. The summed E-state index contributed by atoms with van der Waals surface area (Å²) in [7, 11) is 0.0381. The van der Waals surface area contributed by atoms with Gasteiger partial charge in [0.15, 0.2) is 8.32 Å². The van der Waals surface area contributed by atoms with E-state index in [9.17, 15) is 4.79 Å². The van der Waals surface area contributed by atoms with Crippen molar-refractivity contribution < 1.29 is 14.0 Å². The summed E-state index contributed by atoms with van der Waals surface area (Å²) in [6, 6.07) is 8.22. The molecule has 22 heavy (non-hydrogen) atoms. The van der Waals surface area contributed by atoms with Crippen LogP contribution in [0.15, 0.2) is 24.3 Å². The topological polar surface area (TPSA) is 38.8 Å². The van der Waals surface area contributed by atoms with E-state index >= 15 is 0 Å². The summed E-state index contributed by atoms with van der Waals surface area (Å²) in [5.74, 6) is 1.20. The van der Waals surface area contributed by atoms with Crippen LogP contribution in [-0.2, 0) is 15.8 Å². The normalized spacial score (nSPS) is 27.5. The average molecular weight is 319 g/mol. The molecular formula is C17H25NO3Si. The minimum atomic E-state index is -1.62. The van der Waals surface area contributed by atoms with Gasteiger partial charge in [-0.05, 0) is 50.2 Å². The van der Waals surface area contributed by atoms with Crippen LogP contribution < -0.4 is 4.74 Å². The summed E-state index contributed by atoms with van der Waals surface area (Å²) >= 11 is 0. The molecule has 2 aliphatic rings. The highest BCUT2D eigenvalue weighted by Crippen LogP contribution is 2.42. The third-order valence-corrected chi connectivity index (χ3v) is 5.53. The maximum atomic E-state index is 12.6. The number of methoxy groups -OCH3 is 1. The number of hydrogen-bond donors (Lipinski definition) is 0. The molecular weight excluding hydrogens is 294 g/mol. The quantitative estimate of drug-likeness (QED) is 0.783. The van der Waals surface area contributed by atoms with Crippen molar-refractivity contribution in [2.24, 2.45) is 5.92 Å². The van der Waals surface area contributed by atoms with Crippen molar-refractivity contribution in [3.63, 3.8) is 0 Å². The van der Waals surface area contributed by atoms with Crippen molar-refractivity contribution in [1.29, 1.82) is 0 Å². The number of likely N-dealkylation sites (tertiary alicyclic amines) is 1. The molecule has 1 aliphatic carbocycles. The van der Waals surface area contributed by atoms with Gasteiger partial charge in [0, 0.05) is 6.54 Å². The Bertz CT molecular complexity index is 552. The van der Waals surface area contributed by atoms with Gasteiger partial charge in [-0.2, -0.15) is 0 Å². The highest BCUT2D eigenvalue weighted by molar-refractivity contribution is 6.69. The largest absolute Gasteiger partial charge is 0.497 e. The van der Waals surface area contributed by atoms with E-state index in [1.807, 2.05) is 29.2 Å². The number of carbonyl (C=O) groups is 1. The summed E-state index contributed by atoms with van der Waals surface area (Å²) in [6.45, 7) is 7.27. The number of piperidine rings is 1. The first kappa shape index (κ1) is 15.6. The Morgan fingerprint density at radius 1 is 1.18 bits per heavy atom. The number of benzene rings is 1. The van der Waals surface area contributed by atoms with E-state index in [0.717, 1.165) is 24.2 Å². The molecule has 3 atom stereocenters. The first-order chi connectivity index (χ1) is 10.4.